The van der Waals surface area contributed by atoms with Crippen LogP contribution in [0.1, 0.15) is 44.0 Å². The van der Waals surface area contributed by atoms with Crippen molar-refractivity contribution >= 4 is 35.2 Å². The maximum Gasteiger partial charge on any atom is 0.331 e. The lowest BCUT2D eigenvalue weighted by Gasteiger charge is -2.09. The fourth-order valence-corrected chi connectivity index (χ4v) is 3.17. The molecule has 0 unspecified atom stereocenters. The molecule has 2 rings (SSSR count). The molecule has 0 aliphatic carbocycles. The highest BCUT2D eigenvalue weighted by molar-refractivity contribution is 7.99. The highest BCUT2D eigenvalue weighted by Gasteiger charge is 2.18. The first-order valence-corrected chi connectivity index (χ1v) is 9.98. The molecule has 6 nitrogen and oxygen atoms in total. The van der Waals surface area contributed by atoms with Gasteiger partial charge in [-0.1, -0.05) is 35.1 Å². The van der Waals surface area contributed by atoms with Crippen LogP contribution in [0.25, 0.3) is 0 Å². The van der Waals surface area contributed by atoms with Gasteiger partial charge >= 0.3 is 11.9 Å². The molecule has 0 N–H and O–H groups in total. The molecule has 0 aromatic heterocycles. The maximum atomic E-state index is 12.8. The second-order valence-corrected chi connectivity index (χ2v) is 7.58. The van der Waals surface area contributed by atoms with Crippen LogP contribution in [0.4, 0.5) is 0 Å². The van der Waals surface area contributed by atoms with E-state index in [1.165, 1.54) is 6.92 Å². The van der Waals surface area contributed by atoms with Gasteiger partial charge in [0.05, 0.1) is 12.5 Å². The van der Waals surface area contributed by atoms with Gasteiger partial charge in [0.2, 0.25) is 5.78 Å². The van der Waals surface area contributed by atoms with E-state index in [0.717, 1.165) is 9.79 Å². The van der Waals surface area contributed by atoms with Crippen LogP contribution in [-0.2, 0) is 19.2 Å². The topological polar surface area (TPSA) is 82.0 Å². The van der Waals surface area contributed by atoms with E-state index in [9.17, 15) is 14.4 Å². The zero-order chi connectivity index (χ0) is 21.2. The molecule has 0 heterocycles. The van der Waals surface area contributed by atoms with Crippen LogP contribution in [0.15, 0.2) is 69.5 Å². The summed E-state index contributed by atoms with van der Waals surface area (Å²) in [7, 11) is 0. The number of esters is 1. The number of oxime groups is 1. The van der Waals surface area contributed by atoms with Gasteiger partial charge < -0.3 is 9.57 Å². The Morgan fingerprint density at radius 2 is 1.55 bits per heavy atom. The zero-order valence-electron chi connectivity index (χ0n) is 16.6. The number of ketones is 1. The third-order valence-electron chi connectivity index (χ3n) is 3.57. The summed E-state index contributed by atoms with van der Waals surface area (Å²) in [5, 5.41) is 3.65. The Bertz CT molecular complexity index is 876. The monoisotopic (exact) mass is 413 g/mol. The number of nitrogens with zero attached hydrogens (tertiary/aromatic N) is 1. The zero-order valence-corrected chi connectivity index (χ0v) is 17.4. The maximum absolute atomic E-state index is 12.8. The number of Topliss-reactive ketones (excluding diaryl/α,β-unsaturated/α-hetero) is 1. The average molecular weight is 413 g/mol. The van der Waals surface area contributed by atoms with Gasteiger partial charge in [-0.15, -0.1) is 0 Å². The molecular formula is C22H23NO5S. The minimum absolute atomic E-state index is 0.00984. The molecule has 0 fully saturated rings. The Hall–Kier alpha value is -2.93. The molecule has 0 atom stereocenters. The number of carbonyl (C=O) groups excluding carboxylic acids is 3. The largest absolute Gasteiger partial charge is 0.463 e. The number of hydrogen-bond donors (Lipinski definition) is 0. The Labute approximate surface area is 174 Å². The van der Waals surface area contributed by atoms with E-state index < -0.39 is 17.7 Å². The van der Waals surface area contributed by atoms with E-state index >= 15 is 0 Å². The molecule has 0 aliphatic rings. The second-order valence-electron chi connectivity index (χ2n) is 6.43. The molecule has 0 bridgehead atoms. The van der Waals surface area contributed by atoms with E-state index in [1.807, 2.05) is 42.5 Å². The van der Waals surface area contributed by atoms with Crippen LogP contribution in [0.3, 0.4) is 0 Å². The van der Waals surface area contributed by atoms with Crippen molar-refractivity contribution in [3.8, 4) is 0 Å². The van der Waals surface area contributed by atoms with Gasteiger partial charge in [-0.3, -0.25) is 9.59 Å². The standard InChI is InChI=1S/C22H23NO5S/c1-15(2)27-21(25)14-13-20(23-28-16(3)24)22(26)17-9-11-19(12-10-17)29-18-7-5-4-6-8-18/h4-12,15H,13-14H2,1-3H3/b23-20+. The van der Waals surface area contributed by atoms with Crippen LogP contribution in [-0.4, -0.2) is 29.5 Å². The van der Waals surface area contributed by atoms with Gasteiger partial charge in [-0.05, 0) is 50.2 Å². The van der Waals surface area contributed by atoms with Crippen LogP contribution in [0.2, 0.25) is 0 Å². The van der Waals surface area contributed by atoms with Gasteiger partial charge in [0.1, 0.15) is 5.71 Å². The summed E-state index contributed by atoms with van der Waals surface area (Å²) in [4.78, 5) is 42.3. The highest BCUT2D eigenvalue weighted by Crippen LogP contribution is 2.27. The van der Waals surface area contributed by atoms with Crippen molar-refractivity contribution in [3.63, 3.8) is 0 Å². The Morgan fingerprint density at radius 3 is 2.14 bits per heavy atom. The summed E-state index contributed by atoms with van der Waals surface area (Å²) < 4.78 is 5.07. The molecular weight excluding hydrogens is 390 g/mol. The lowest BCUT2D eigenvalue weighted by atomic mass is 10.0. The summed E-state index contributed by atoms with van der Waals surface area (Å²) in [5.41, 5.74) is 0.384. The highest BCUT2D eigenvalue weighted by atomic mass is 32.2. The number of hydrogen-bond acceptors (Lipinski definition) is 7. The minimum atomic E-state index is -0.644. The molecule has 152 valence electrons. The Morgan fingerprint density at radius 1 is 0.931 bits per heavy atom. The van der Waals surface area contributed by atoms with Gasteiger partial charge in [0, 0.05) is 28.7 Å². The lowest BCUT2D eigenvalue weighted by molar-refractivity contribution is -0.147. The Balaban J connectivity index is 2.09. The fourth-order valence-electron chi connectivity index (χ4n) is 2.33. The molecule has 0 spiro atoms. The molecule has 2 aromatic rings. The normalized spacial score (nSPS) is 11.2. The van der Waals surface area contributed by atoms with E-state index in [-0.39, 0.29) is 24.7 Å². The summed E-state index contributed by atoms with van der Waals surface area (Å²) >= 11 is 1.58. The minimum Gasteiger partial charge on any atom is -0.463 e. The first-order chi connectivity index (χ1) is 13.8. The SMILES string of the molecule is CC(=O)O/N=C(\CCC(=O)OC(C)C)C(=O)c1ccc(Sc2ccccc2)cc1. The molecule has 0 aliphatic heterocycles. The van der Waals surface area contributed by atoms with Crippen molar-refractivity contribution < 1.29 is 24.0 Å². The van der Waals surface area contributed by atoms with Gasteiger partial charge in [0.25, 0.3) is 0 Å². The van der Waals surface area contributed by atoms with Crippen molar-refractivity contribution in [2.24, 2.45) is 5.16 Å². The van der Waals surface area contributed by atoms with Crippen molar-refractivity contribution in [2.45, 2.75) is 49.5 Å². The van der Waals surface area contributed by atoms with Crippen LogP contribution in [0.5, 0.6) is 0 Å². The van der Waals surface area contributed by atoms with E-state index in [4.69, 9.17) is 4.74 Å². The smallest absolute Gasteiger partial charge is 0.331 e. The van der Waals surface area contributed by atoms with Crippen LogP contribution in [0, 0.1) is 0 Å². The number of benzene rings is 2. The third-order valence-corrected chi connectivity index (χ3v) is 4.59. The van der Waals surface area contributed by atoms with Crippen LogP contribution < -0.4 is 0 Å². The van der Waals surface area contributed by atoms with Gasteiger partial charge in [-0.2, -0.15) is 0 Å². The first-order valence-electron chi connectivity index (χ1n) is 9.16. The van der Waals surface area contributed by atoms with Gasteiger partial charge in [0.15, 0.2) is 0 Å². The Kier molecular flexibility index (Phi) is 8.61. The molecule has 0 amide bonds. The average Bonchev–Trinajstić information content (AvgIpc) is 2.68. The summed E-state index contributed by atoms with van der Waals surface area (Å²) in [5.74, 6) is -1.49. The van der Waals surface area contributed by atoms with Crippen molar-refractivity contribution in [1.82, 2.24) is 0 Å². The molecule has 0 saturated heterocycles. The fraction of sp³-hybridized carbons (Fsp3) is 0.273. The molecule has 7 heteroatoms. The molecule has 2 aromatic carbocycles. The number of carbonyl (C=O) groups is 3. The molecule has 0 radical (unpaired) electrons. The van der Waals surface area contributed by atoms with Crippen molar-refractivity contribution in [3.05, 3.63) is 60.2 Å². The molecule has 29 heavy (non-hydrogen) atoms. The second kappa shape index (κ2) is 11.2. The van der Waals surface area contributed by atoms with Crippen LogP contribution >= 0.6 is 11.8 Å². The van der Waals surface area contributed by atoms with Crippen molar-refractivity contribution in [1.29, 1.82) is 0 Å². The summed E-state index contributed by atoms with van der Waals surface area (Å²) in [6, 6.07) is 16.9. The predicted molar refractivity (Wildman–Crippen MR) is 111 cm³/mol. The summed E-state index contributed by atoms with van der Waals surface area (Å²) in [6.07, 6.45) is -0.272. The third kappa shape index (κ3) is 7.91. The van der Waals surface area contributed by atoms with Gasteiger partial charge in [-0.25, -0.2) is 4.79 Å². The summed E-state index contributed by atoms with van der Waals surface area (Å²) in [6.45, 7) is 4.67. The van der Waals surface area contributed by atoms with E-state index in [0.29, 0.717) is 5.56 Å². The lowest BCUT2D eigenvalue weighted by Crippen LogP contribution is -2.19. The van der Waals surface area contributed by atoms with E-state index in [1.54, 1.807) is 37.7 Å². The first kappa shape index (κ1) is 22.4. The number of rotatable bonds is 9. The number of ether oxygens (including phenoxy) is 1. The van der Waals surface area contributed by atoms with E-state index in [2.05, 4.69) is 9.99 Å². The molecule has 0 saturated carbocycles. The quantitative estimate of drug-likeness (QED) is 0.195. The predicted octanol–water partition coefficient (Wildman–Crippen LogP) is 4.67. The van der Waals surface area contributed by atoms with Crippen molar-refractivity contribution in [2.75, 3.05) is 0 Å².